The number of carboxylic acids is 1. The highest BCUT2D eigenvalue weighted by Crippen LogP contribution is 1.91. The molecule has 3 N–H and O–H groups in total. The predicted octanol–water partition coefficient (Wildman–Crippen LogP) is 0.0439. The lowest BCUT2D eigenvalue weighted by Gasteiger charge is -2.16. The predicted molar refractivity (Wildman–Crippen MR) is 60.5 cm³/mol. The highest BCUT2D eigenvalue weighted by molar-refractivity contribution is 5.82. The molecule has 0 saturated carbocycles. The van der Waals surface area contributed by atoms with E-state index in [9.17, 15) is 9.59 Å². The molecule has 2 unspecified atom stereocenters. The van der Waals surface area contributed by atoms with Crippen molar-refractivity contribution < 1.29 is 14.7 Å². The number of hydrogen-bond donors (Lipinski definition) is 3. The Kier molecular flexibility index (Phi) is 4.50. The first-order chi connectivity index (χ1) is 7.99. The molecule has 0 fully saturated rings. The molecule has 1 aromatic rings. The molecule has 1 rings (SSSR count). The zero-order chi connectivity index (χ0) is 12.8. The van der Waals surface area contributed by atoms with Gasteiger partial charge in [-0.15, -0.1) is 0 Å². The van der Waals surface area contributed by atoms with Gasteiger partial charge in [-0.05, 0) is 13.8 Å². The molecule has 0 aliphatic carbocycles. The zero-order valence-corrected chi connectivity index (χ0v) is 9.75. The van der Waals surface area contributed by atoms with Crippen LogP contribution in [-0.4, -0.2) is 38.7 Å². The summed E-state index contributed by atoms with van der Waals surface area (Å²) in [7, 11) is 0. The molecule has 2 amide bonds. The molecule has 0 radical (unpaired) electrons. The van der Waals surface area contributed by atoms with Crippen molar-refractivity contribution >= 4 is 12.0 Å². The quantitative estimate of drug-likeness (QED) is 0.677. The van der Waals surface area contributed by atoms with E-state index in [1.807, 2.05) is 11.5 Å². The molecular weight excluding hydrogens is 224 g/mol. The molecule has 7 nitrogen and oxygen atoms in total. The van der Waals surface area contributed by atoms with Crippen LogP contribution in [0.15, 0.2) is 18.7 Å². The van der Waals surface area contributed by atoms with Gasteiger partial charge in [0.1, 0.15) is 6.04 Å². The minimum atomic E-state index is -1.07. The van der Waals surface area contributed by atoms with Crippen LogP contribution in [-0.2, 0) is 11.3 Å². The number of amides is 2. The Morgan fingerprint density at radius 1 is 1.41 bits per heavy atom. The van der Waals surface area contributed by atoms with Crippen LogP contribution in [0.25, 0.3) is 0 Å². The van der Waals surface area contributed by atoms with Crippen molar-refractivity contribution in [2.45, 2.75) is 32.5 Å². The van der Waals surface area contributed by atoms with E-state index in [2.05, 4.69) is 15.6 Å². The number of urea groups is 1. The Morgan fingerprint density at radius 2 is 2.12 bits per heavy atom. The number of carbonyl (C=O) groups excluding carboxylic acids is 1. The third kappa shape index (κ3) is 4.54. The van der Waals surface area contributed by atoms with Crippen LogP contribution in [0, 0.1) is 0 Å². The van der Waals surface area contributed by atoms with E-state index in [-0.39, 0.29) is 6.04 Å². The highest BCUT2D eigenvalue weighted by atomic mass is 16.4. The van der Waals surface area contributed by atoms with Crippen molar-refractivity contribution in [2.24, 2.45) is 0 Å². The van der Waals surface area contributed by atoms with Crippen molar-refractivity contribution in [3.63, 3.8) is 0 Å². The topological polar surface area (TPSA) is 96.3 Å². The van der Waals surface area contributed by atoms with Gasteiger partial charge in [0.2, 0.25) is 0 Å². The summed E-state index contributed by atoms with van der Waals surface area (Å²) in [4.78, 5) is 25.8. The average molecular weight is 240 g/mol. The maximum atomic E-state index is 11.4. The van der Waals surface area contributed by atoms with Gasteiger partial charge in [-0.25, -0.2) is 9.78 Å². The van der Waals surface area contributed by atoms with Crippen LogP contribution < -0.4 is 10.6 Å². The van der Waals surface area contributed by atoms with E-state index < -0.39 is 18.0 Å². The van der Waals surface area contributed by atoms with Crippen LogP contribution >= 0.6 is 0 Å². The Labute approximate surface area is 98.8 Å². The molecule has 0 spiro atoms. The number of carboxylic acid groups (broad SMARTS) is 1. The van der Waals surface area contributed by atoms with Gasteiger partial charge in [0, 0.05) is 25.0 Å². The molecule has 2 atom stereocenters. The SMILES string of the molecule is CC(Cn1ccnc1)NC(=O)NC(C)C(=O)O. The molecule has 1 heterocycles. The fourth-order valence-electron chi connectivity index (χ4n) is 1.28. The molecule has 0 bridgehead atoms. The Balaban J connectivity index is 2.33. The monoisotopic (exact) mass is 240 g/mol. The molecular formula is C10H16N4O3. The Morgan fingerprint density at radius 3 is 2.65 bits per heavy atom. The largest absolute Gasteiger partial charge is 0.480 e. The lowest BCUT2D eigenvalue weighted by atomic mass is 10.3. The van der Waals surface area contributed by atoms with Gasteiger partial charge < -0.3 is 20.3 Å². The second-order valence-electron chi connectivity index (χ2n) is 3.84. The summed E-state index contributed by atoms with van der Waals surface area (Å²) in [5.74, 6) is -1.07. The number of hydrogen-bond acceptors (Lipinski definition) is 3. The van der Waals surface area contributed by atoms with Gasteiger partial charge >= 0.3 is 12.0 Å². The van der Waals surface area contributed by atoms with Crippen LogP contribution in [0.5, 0.6) is 0 Å². The van der Waals surface area contributed by atoms with Crippen LogP contribution in [0.4, 0.5) is 4.79 Å². The molecule has 0 aromatic carbocycles. The summed E-state index contributed by atoms with van der Waals surface area (Å²) in [6.07, 6.45) is 5.09. The number of nitrogens with zero attached hydrogens (tertiary/aromatic N) is 2. The summed E-state index contributed by atoms with van der Waals surface area (Å²) in [5, 5.41) is 13.6. The fourth-order valence-corrected chi connectivity index (χ4v) is 1.28. The van der Waals surface area contributed by atoms with Crippen molar-refractivity contribution in [1.29, 1.82) is 0 Å². The lowest BCUT2D eigenvalue weighted by molar-refractivity contribution is -0.138. The van der Waals surface area contributed by atoms with Gasteiger partial charge in [0.05, 0.1) is 6.33 Å². The molecule has 94 valence electrons. The number of rotatable bonds is 5. The minimum Gasteiger partial charge on any atom is -0.480 e. The van der Waals surface area contributed by atoms with E-state index in [0.29, 0.717) is 6.54 Å². The summed E-state index contributed by atoms with van der Waals surface area (Å²) < 4.78 is 1.82. The molecule has 0 aliphatic heterocycles. The molecule has 17 heavy (non-hydrogen) atoms. The number of nitrogens with one attached hydrogen (secondary N) is 2. The first-order valence-corrected chi connectivity index (χ1v) is 5.24. The first-order valence-electron chi connectivity index (χ1n) is 5.24. The summed E-state index contributed by atoms with van der Waals surface area (Å²) in [6, 6.07) is -1.52. The minimum absolute atomic E-state index is 0.120. The smallest absolute Gasteiger partial charge is 0.325 e. The van der Waals surface area contributed by atoms with Gasteiger partial charge in [-0.2, -0.15) is 0 Å². The van der Waals surface area contributed by atoms with E-state index in [0.717, 1.165) is 0 Å². The van der Waals surface area contributed by atoms with Crippen molar-refractivity contribution in [1.82, 2.24) is 20.2 Å². The Bertz CT molecular complexity index is 377. The standard InChI is InChI=1S/C10H16N4O3/c1-7(5-14-4-3-11-6-14)12-10(17)13-8(2)9(15)16/h3-4,6-8H,5H2,1-2H3,(H,15,16)(H2,12,13,17). The van der Waals surface area contributed by atoms with Crippen molar-refractivity contribution in [3.05, 3.63) is 18.7 Å². The van der Waals surface area contributed by atoms with Crippen LogP contribution in [0.3, 0.4) is 0 Å². The van der Waals surface area contributed by atoms with Crippen LogP contribution in [0.1, 0.15) is 13.8 Å². The molecule has 1 aromatic heterocycles. The average Bonchev–Trinajstić information content (AvgIpc) is 2.69. The van der Waals surface area contributed by atoms with E-state index >= 15 is 0 Å². The van der Waals surface area contributed by atoms with Gasteiger partial charge in [0.25, 0.3) is 0 Å². The molecule has 7 heteroatoms. The Hall–Kier alpha value is -2.05. The van der Waals surface area contributed by atoms with Crippen molar-refractivity contribution in [3.8, 4) is 0 Å². The molecule has 0 saturated heterocycles. The normalized spacial score (nSPS) is 13.8. The second kappa shape index (κ2) is 5.88. The summed E-state index contributed by atoms with van der Waals surface area (Å²) >= 11 is 0. The third-order valence-corrected chi connectivity index (χ3v) is 2.14. The number of aromatic nitrogens is 2. The highest BCUT2D eigenvalue weighted by Gasteiger charge is 2.15. The fraction of sp³-hybridized carbons (Fsp3) is 0.500. The zero-order valence-electron chi connectivity index (χ0n) is 9.75. The van der Waals surface area contributed by atoms with Crippen molar-refractivity contribution in [2.75, 3.05) is 0 Å². The number of imidazole rings is 1. The van der Waals surface area contributed by atoms with Crippen LogP contribution in [0.2, 0.25) is 0 Å². The number of carbonyl (C=O) groups is 2. The first kappa shape index (κ1) is 13.0. The summed E-state index contributed by atoms with van der Waals surface area (Å²) in [5.41, 5.74) is 0. The summed E-state index contributed by atoms with van der Waals surface area (Å²) in [6.45, 7) is 3.81. The molecule has 0 aliphatic rings. The maximum absolute atomic E-state index is 11.4. The third-order valence-electron chi connectivity index (χ3n) is 2.14. The van der Waals surface area contributed by atoms with E-state index in [1.165, 1.54) is 6.92 Å². The van der Waals surface area contributed by atoms with Gasteiger partial charge in [-0.3, -0.25) is 4.79 Å². The second-order valence-corrected chi connectivity index (χ2v) is 3.84. The lowest BCUT2D eigenvalue weighted by Crippen LogP contribution is -2.48. The van der Waals surface area contributed by atoms with Gasteiger partial charge in [-0.1, -0.05) is 0 Å². The van der Waals surface area contributed by atoms with Gasteiger partial charge in [0.15, 0.2) is 0 Å². The van der Waals surface area contributed by atoms with E-state index in [4.69, 9.17) is 5.11 Å². The van der Waals surface area contributed by atoms with E-state index in [1.54, 1.807) is 18.7 Å². The maximum Gasteiger partial charge on any atom is 0.325 e. The number of aliphatic carboxylic acids is 1.